The predicted octanol–water partition coefficient (Wildman–Crippen LogP) is 2.86. The second kappa shape index (κ2) is 9.93. The molecule has 2 heterocycles. The third-order valence-electron chi connectivity index (χ3n) is 6.32. The van der Waals surface area contributed by atoms with Crippen LogP contribution in [-0.4, -0.2) is 71.3 Å². The highest BCUT2D eigenvalue weighted by Gasteiger charge is 2.40. The number of ether oxygens (including phenoxy) is 4. The SMILES string of the molecule is COc1cc(C2Oc3cc(C4Oc5cc(O)cc(O)c5C(=O)C4O)ccc3OC2CON(C)C)ccc1O. The summed E-state index contributed by atoms with van der Waals surface area (Å²) in [4.78, 5) is 18.5. The fourth-order valence-electron chi connectivity index (χ4n) is 4.49. The molecule has 2 aliphatic heterocycles. The molecule has 0 fully saturated rings. The monoisotopic (exact) mass is 525 g/mol. The van der Waals surface area contributed by atoms with Crippen LogP contribution in [0.1, 0.15) is 33.7 Å². The summed E-state index contributed by atoms with van der Waals surface area (Å²) in [6.45, 7) is 0.158. The number of aliphatic hydroxyl groups excluding tert-OH is 1. The Morgan fingerprint density at radius 3 is 2.29 bits per heavy atom. The van der Waals surface area contributed by atoms with Gasteiger partial charge < -0.3 is 39.4 Å². The maximum absolute atomic E-state index is 12.8. The molecule has 3 aromatic carbocycles. The van der Waals surface area contributed by atoms with Crippen LogP contribution < -0.4 is 18.9 Å². The Kier molecular flexibility index (Phi) is 6.66. The van der Waals surface area contributed by atoms with Crippen LogP contribution in [0.25, 0.3) is 0 Å². The number of hydrogen-bond acceptors (Lipinski definition) is 11. The number of phenols is 3. The fraction of sp³-hybridized carbons (Fsp3) is 0.296. The van der Waals surface area contributed by atoms with E-state index in [4.69, 9.17) is 23.8 Å². The summed E-state index contributed by atoms with van der Waals surface area (Å²) in [7, 11) is 4.94. The normalized spacial score (nSPS) is 22.1. The van der Waals surface area contributed by atoms with E-state index in [-0.39, 0.29) is 35.2 Å². The molecule has 38 heavy (non-hydrogen) atoms. The lowest BCUT2D eigenvalue weighted by atomic mass is 9.92. The lowest BCUT2D eigenvalue weighted by Crippen LogP contribution is -2.39. The summed E-state index contributed by atoms with van der Waals surface area (Å²) in [5.74, 6) is -0.579. The lowest BCUT2D eigenvalue weighted by molar-refractivity contribution is -0.158. The van der Waals surface area contributed by atoms with Gasteiger partial charge in [-0.05, 0) is 29.8 Å². The zero-order valence-corrected chi connectivity index (χ0v) is 20.8. The third kappa shape index (κ3) is 4.62. The molecule has 11 nitrogen and oxygen atoms in total. The minimum atomic E-state index is -1.61. The zero-order valence-electron chi connectivity index (χ0n) is 20.8. The second-order valence-electron chi connectivity index (χ2n) is 9.13. The number of fused-ring (bicyclic) bond motifs is 2. The molecule has 0 amide bonds. The highest BCUT2D eigenvalue weighted by atomic mass is 16.7. The fourth-order valence-corrected chi connectivity index (χ4v) is 4.49. The van der Waals surface area contributed by atoms with Crippen molar-refractivity contribution in [3.05, 3.63) is 65.2 Å². The average Bonchev–Trinajstić information content (AvgIpc) is 2.88. The first kappa shape index (κ1) is 25.5. The van der Waals surface area contributed by atoms with E-state index in [1.165, 1.54) is 19.2 Å². The van der Waals surface area contributed by atoms with Crippen LogP contribution in [-0.2, 0) is 4.84 Å². The number of aromatic hydroxyl groups is 3. The number of methoxy groups -OCH3 is 1. The summed E-state index contributed by atoms with van der Waals surface area (Å²) in [6.07, 6.45) is -3.98. The number of aliphatic hydroxyl groups is 1. The number of hydroxylamine groups is 2. The number of carbonyl (C=O) groups excluding carboxylic acids is 1. The molecular weight excluding hydrogens is 498 g/mol. The highest BCUT2D eigenvalue weighted by Crippen LogP contribution is 2.46. The average molecular weight is 526 g/mol. The molecule has 4 atom stereocenters. The number of phenolic OH excluding ortho intramolecular Hbond substituents is 3. The highest BCUT2D eigenvalue weighted by molar-refractivity contribution is 6.05. The van der Waals surface area contributed by atoms with Gasteiger partial charge in [0.05, 0.1) is 7.11 Å². The number of hydrogen-bond donors (Lipinski definition) is 4. The largest absolute Gasteiger partial charge is 0.508 e. The van der Waals surface area contributed by atoms with Crippen LogP contribution in [0, 0.1) is 0 Å². The van der Waals surface area contributed by atoms with Crippen molar-refractivity contribution < 1.29 is 49.0 Å². The first-order valence-electron chi connectivity index (χ1n) is 11.8. The molecule has 4 N–H and O–H groups in total. The number of benzene rings is 3. The molecule has 0 aliphatic carbocycles. The van der Waals surface area contributed by atoms with E-state index in [1.54, 1.807) is 49.5 Å². The molecule has 0 aromatic heterocycles. The smallest absolute Gasteiger partial charge is 0.202 e. The molecule has 2 aliphatic rings. The van der Waals surface area contributed by atoms with Gasteiger partial charge in [-0.2, -0.15) is 5.06 Å². The van der Waals surface area contributed by atoms with Crippen molar-refractivity contribution in [2.24, 2.45) is 0 Å². The van der Waals surface area contributed by atoms with Crippen LogP contribution in [0.2, 0.25) is 0 Å². The van der Waals surface area contributed by atoms with Crippen LogP contribution in [0.4, 0.5) is 0 Å². The molecule has 200 valence electrons. The second-order valence-corrected chi connectivity index (χ2v) is 9.13. The third-order valence-corrected chi connectivity index (χ3v) is 6.32. The Morgan fingerprint density at radius 2 is 1.55 bits per heavy atom. The topological polar surface area (TPSA) is 147 Å². The molecule has 11 heteroatoms. The van der Waals surface area contributed by atoms with Gasteiger partial charge in [-0.15, -0.1) is 0 Å². The van der Waals surface area contributed by atoms with Crippen LogP contribution >= 0.6 is 0 Å². The van der Waals surface area contributed by atoms with E-state index < -0.39 is 35.9 Å². The molecule has 0 spiro atoms. The van der Waals surface area contributed by atoms with Crippen molar-refractivity contribution >= 4 is 5.78 Å². The van der Waals surface area contributed by atoms with Crippen molar-refractivity contribution in [3.63, 3.8) is 0 Å². The number of Topliss-reactive ketones (excluding diaryl/α,β-unsaturated/α-hetero) is 1. The number of rotatable bonds is 6. The minimum absolute atomic E-state index is 0.0257. The van der Waals surface area contributed by atoms with Gasteiger partial charge in [-0.25, -0.2) is 0 Å². The van der Waals surface area contributed by atoms with Gasteiger partial charge >= 0.3 is 0 Å². The van der Waals surface area contributed by atoms with Crippen LogP contribution in [0.15, 0.2) is 48.5 Å². The molecule has 0 saturated carbocycles. The van der Waals surface area contributed by atoms with E-state index >= 15 is 0 Å². The van der Waals surface area contributed by atoms with Gasteiger partial charge in [0, 0.05) is 31.8 Å². The van der Waals surface area contributed by atoms with Crippen molar-refractivity contribution in [2.45, 2.75) is 24.4 Å². The summed E-state index contributed by atoms with van der Waals surface area (Å²) in [5.41, 5.74) is 0.868. The molecule has 5 rings (SSSR count). The van der Waals surface area contributed by atoms with E-state index in [0.717, 1.165) is 6.07 Å². The molecule has 3 aromatic rings. The van der Waals surface area contributed by atoms with Crippen molar-refractivity contribution in [2.75, 3.05) is 27.8 Å². The molecule has 0 saturated heterocycles. The summed E-state index contributed by atoms with van der Waals surface area (Å²) in [5, 5.41) is 42.2. The Balaban J connectivity index is 1.49. The number of ketones is 1. The van der Waals surface area contributed by atoms with E-state index in [2.05, 4.69) is 0 Å². The van der Waals surface area contributed by atoms with Crippen LogP contribution in [0.5, 0.6) is 40.2 Å². The zero-order chi connectivity index (χ0) is 27.1. The lowest BCUT2D eigenvalue weighted by Gasteiger charge is -2.35. The molecule has 0 bridgehead atoms. The first-order chi connectivity index (χ1) is 18.2. The van der Waals surface area contributed by atoms with Crippen molar-refractivity contribution in [3.8, 4) is 40.2 Å². The van der Waals surface area contributed by atoms with Gasteiger partial charge in [0.25, 0.3) is 0 Å². The quantitative estimate of drug-likeness (QED) is 0.352. The Labute approximate surface area is 217 Å². The summed E-state index contributed by atoms with van der Waals surface area (Å²) < 4.78 is 23.6. The van der Waals surface area contributed by atoms with Gasteiger partial charge in [0.1, 0.15) is 29.4 Å². The van der Waals surface area contributed by atoms with E-state index in [0.29, 0.717) is 22.6 Å². The van der Waals surface area contributed by atoms with Gasteiger partial charge in [0.15, 0.2) is 47.4 Å². The molecular formula is C27H27NO10. The maximum Gasteiger partial charge on any atom is 0.202 e. The Morgan fingerprint density at radius 1 is 0.842 bits per heavy atom. The van der Waals surface area contributed by atoms with Crippen molar-refractivity contribution in [1.82, 2.24) is 5.06 Å². The Hall–Kier alpha value is -4.19. The van der Waals surface area contributed by atoms with Crippen molar-refractivity contribution in [1.29, 1.82) is 0 Å². The molecule has 4 unspecified atom stereocenters. The summed E-state index contributed by atoms with van der Waals surface area (Å²) >= 11 is 0. The number of carbonyl (C=O) groups is 1. The first-order valence-corrected chi connectivity index (χ1v) is 11.8. The minimum Gasteiger partial charge on any atom is -0.508 e. The maximum atomic E-state index is 12.8. The van der Waals surface area contributed by atoms with E-state index in [9.17, 15) is 25.2 Å². The standard InChI is InChI=1S/C27H27NO10/c1-28(2)35-12-22-26(13-4-6-16(30)19(8-13)34-3)37-20-9-14(5-7-18(20)36-22)27-25(33)24(32)23-17(31)10-15(29)11-21(23)38-27/h4-11,22,25-27,29-31,33H,12H2,1-3H3. The van der Waals surface area contributed by atoms with Gasteiger partial charge in [0.2, 0.25) is 5.78 Å². The Bertz CT molecular complexity index is 1370. The van der Waals surface area contributed by atoms with Gasteiger partial charge in [-0.1, -0.05) is 12.1 Å². The molecule has 0 radical (unpaired) electrons. The van der Waals surface area contributed by atoms with Crippen LogP contribution in [0.3, 0.4) is 0 Å². The summed E-state index contributed by atoms with van der Waals surface area (Å²) in [6, 6.07) is 11.9. The predicted molar refractivity (Wildman–Crippen MR) is 132 cm³/mol. The number of nitrogens with zero attached hydrogens (tertiary/aromatic N) is 1. The van der Waals surface area contributed by atoms with Gasteiger partial charge in [-0.3, -0.25) is 9.63 Å². The van der Waals surface area contributed by atoms with E-state index in [1.807, 2.05) is 0 Å².